The molecule has 4 aromatic rings. The Bertz CT molecular complexity index is 1510. The van der Waals surface area contributed by atoms with Gasteiger partial charge >= 0.3 is 6.09 Å². The van der Waals surface area contributed by atoms with Gasteiger partial charge in [0.1, 0.15) is 28.5 Å². The zero-order valence-electron chi connectivity index (χ0n) is 21.0. The zero-order valence-corrected chi connectivity index (χ0v) is 21.0. The van der Waals surface area contributed by atoms with Crippen molar-refractivity contribution in [2.75, 3.05) is 18.4 Å². The van der Waals surface area contributed by atoms with Gasteiger partial charge in [-0.3, -0.25) is 9.78 Å². The summed E-state index contributed by atoms with van der Waals surface area (Å²) in [6.45, 7) is 8.13. The molecule has 192 valence electrons. The van der Waals surface area contributed by atoms with Crippen LogP contribution in [0.1, 0.15) is 43.2 Å². The molecule has 2 amide bonds. The highest BCUT2D eigenvalue weighted by Crippen LogP contribution is 2.29. The molecule has 1 fully saturated rings. The summed E-state index contributed by atoms with van der Waals surface area (Å²) in [4.78, 5) is 40.0. The van der Waals surface area contributed by atoms with Crippen molar-refractivity contribution in [1.82, 2.24) is 24.3 Å². The van der Waals surface area contributed by atoms with E-state index in [2.05, 4.69) is 20.3 Å². The van der Waals surface area contributed by atoms with Crippen molar-refractivity contribution >= 4 is 34.4 Å². The molecule has 0 spiro atoms. The van der Waals surface area contributed by atoms with Crippen LogP contribution in [0.5, 0.6) is 5.75 Å². The summed E-state index contributed by atoms with van der Waals surface area (Å²) in [5.74, 6) is -0.557. The van der Waals surface area contributed by atoms with Crippen LogP contribution in [0.3, 0.4) is 0 Å². The first-order chi connectivity index (χ1) is 17.6. The van der Waals surface area contributed by atoms with E-state index < -0.39 is 17.3 Å². The quantitative estimate of drug-likeness (QED) is 0.438. The Hall–Kier alpha value is -4.28. The highest BCUT2D eigenvalue weighted by molar-refractivity contribution is 6.12. The maximum Gasteiger partial charge on any atom is 0.410 e. The average molecular weight is 507 g/mol. The highest BCUT2D eigenvalue weighted by Gasteiger charge is 2.31. The lowest BCUT2D eigenvalue weighted by Crippen LogP contribution is -2.36. The lowest BCUT2D eigenvalue weighted by Gasteiger charge is -2.24. The topological polar surface area (TPSA) is 111 Å². The number of hydrogen-bond donors (Lipinski definition) is 1. The highest BCUT2D eigenvalue weighted by atomic mass is 19.1. The fourth-order valence-electron chi connectivity index (χ4n) is 4.25. The number of rotatable bonds is 4. The monoisotopic (exact) mass is 506 g/mol. The van der Waals surface area contributed by atoms with Gasteiger partial charge in [-0.1, -0.05) is 0 Å². The Morgan fingerprint density at radius 3 is 2.65 bits per heavy atom. The van der Waals surface area contributed by atoms with Crippen LogP contribution in [0.15, 0.2) is 43.0 Å². The number of imidazole rings is 1. The van der Waals surface area contributed by atoms with Gasteiger partial charge in [0.2, 0.25) is 0 Å². The molecule has 4 heterocycles. The van der Waals surface area contributed by atoms with Crippen LogP contribution in [-0.2, 0) is 4.74 Å². The van der Waals surface area contributed by atoms with Gasteiger partial charge in [-0.25, -0.2) is 19.2 Å². The van der Waals surface area contributed by atoms with Gasteiger partial charge < -0.3 is 24.1 Å². The number of fused-ring (bicyclic) bond motifs is 2. The molecule has 1 atom stereocenters. The standard InChI is InChI=1S/C26H27FN6O4/c1-15-12-33-13-16(11-19(27)23(33)30-15)31-24(34)18-5-6-20(22-21(18)28-8-9-29-22)36-17-7-10-32(14-17)25(35)37-26(2,3)4/h5-6,8-9,11-13,17H,7,10,14H2,1-4H3,(H,31,34)/t17-/m1/s1. The van der Waals surface area contributed by atoms with Crippen molar-refractivity contribution in [2.45, 2.75) is 45.8 Å². The predicted octanol–water partition coefficient (Wildman–Crippen LogP) is 4.37. The van der Waals surface area contributed by atoms with Crippen molar-refractivity contribution in [3.8, 4) is 5.75 Å². The van der Waals surface area contributed by atoms with E-state index in [1.54, 1.807) is 36.4 Å². The number of nitrogens with zero attached hydrogens (tertiary/aromatic N) is 5. The second-order valence-corrected chi connectivity index (χ2v) is 9.96. The summed E-state index contributed by atoms with van der Waals surface area (Å²) in [5, 5.41) is 2.73. The molecule has 0 radical (unpaired) electrons. The van der Waals surface area contributed by atoms with E-state index in [0.29, 0.717) is 42.0 Å². The number of likely N-dealkylation sites (tertiary alicyclic amines) is 1. The summed E-state index contributed by atoms with van der Waals surface area (Å²) in [6.07, 6.45) is 6.27. The minimum Gasteiger partial charge on any atom is -0.486 e. The molecule has 0 saturated carbocycles. The minimum absolute atomic E-state index is 0.186. The van der Waals surface area contributed by atoms with Crippen LogP contribution in [0.25, 0.3) is 16.7 Å². The molecule has 1 saturated heterocycles. The summed E-state index contributed by atoms with van der Waals surface area (Å²) in [6, 6.07) is 4.48. The molecular weight excluding hydrogens is 479 g/mol. The Morgan fingerprint density at radius 2 is 1.89 bits per heavy atom. The molecule has 0 bridgehead atoms. The van der Waals surface area contributed by atoms with Crippen molar-refractivity contribution in [1.29, 1.82) is 0 Å². The van der Waals surface area contributed by atoms with Gasteiger partial charge in [-0.2, -0.15) is 0 Å². The van der Waals surface area contributed by atoms with Gasteiger partial charge in [0.15, 0.2) is 11.5 Å². The van der Waals surface area contributed by atoms with E-state index in [1.165, 1.54) is 22.9 Å². The SMILES string of the molecule is Cc1cn2cc(NC(=O)c3ccc(O[C@@H]4CCN(C(=O)OC(C)(C)C)C4)c4nccnc34)cc(F)c2n1. The largest absolute Gasteiger partial charge is 0.486 e. The van der Waals surface area contributed by atoms with Crippen LogP contribution in [0, 0.1) is 12.7 Å². The van der Waals surface area contributed by atoms with Gasteiger partial charge in [0.05, 0.1) is 23.5 Å². The molecule has 10 nitrogen and oxygen atoms in total. The molecule has 3 aromatic heterocycles. The van der Waals surface area contributed by atoms with Crippen molar-refractivity contribution in [3.63, 3.8) is 0 Å². The van der Waals surface area contributed by atoms with E-state index in [9.17, 15) is 14.0 Å². The predicted molar refractivity (Wildman–Crippen MR) is 134 cm³/mol. The fourth-order valence-corrected chi connectivity index (χ4v) is 4.25. The number of amides is 2. The molecule has 1 N–H and O–H groups in total. The lowest BCUT2D eigenvalue weighted by molar-refractivity contribution is 0.0276. The molecule has 1 aromatic carbocycles. The van der Waals surface area contributed by atoms with Gasteiger partial charge in [0, 0.05) is 43.8 Å². The van der Waals surface area contributed by atoms with E-state index in [1.807, 2.05) is 20.8 Å². The number of carbonyl (C=O) groups is 2. The minimum atomic E-state index is -0.576. The Morgan fingerprint density at radius 1 is 1.14 bits per heavy atom. The van der Waals surface area contributed by atoms with Gasteiger partial charge in [-0.05, 0) is 39.8 Å². The van der Waals surface area contributed by atoms with Gasteiger partial charge in [0.25, 0.3) is 5.91 Å². The summed E-state index contributed by atoms with van der Waals surface area (Å²) >= 11 is 0. The van der Waals surface area contributed by atoms with E-state index in [0.717, 1.165) is 0 Å². The molecule has 1 aliphatic rings. The molecule has 5 rings (SSSR count). The molecule has 37 heavy (non-hydrogen) atoms. The second kappa shape index (κ2) is 9.30. The van der Waals surface area contributed by atoms with Crippen molar-refractivity contribution in [2.24, 2.45) is 0 Å². The number of pyridine rings is 1. The number of aromatic nitrogens is 4. The molecule has 1 aliphatic heterocycles. The maximum atomic E-state index is 14.5. The number of carbonyl (C=O) groups excluding carboxylic acids is 2. The van der Waals surface area contributed by atoms with Crippen molar-refractivity contribution < 1.29 is 23.5 Å². The Labute approximate surface area is 212 Å². The smallest absolute Gasteiger partial charge is 0.410 e. The zero-order chi connectivity index (χ0) is 26.3. The van der Waals surface area contributed by atoms with Crippen LogP contribution in [0.4, 0.5) is 14.9 Å². The molecule has 0 unspecified atom stereocenters. The average Bonchev–Trinajstić information content (AvgIpc) is 3.44. The first-order valence-corrected chi connectivity index (χ1v) is 11.9. The summed E-state index contributed by atoms with van der Waals surface area (Å²) in [5.41, 5.74) is 1.57. The van der Waals surface area contributed by atoms with Gasteiger partial charge in [-0.15, -0.1) is 0 Å². The summed E-state index contributed by atoms with van der Waals surface area (Å²) < 4.78 is 27.6. The van der Waals surface area contributed by atoms with E-state index >= 15 is 0 Å². The Kier molecular flexibility index (Phi) is 6.14. The molecular formula is C26H27FN6O4. The third kappa shape index (κ3) is 5.16. The number of anilines is 1. The van der Waals surface area contributed by atoms with E-state index in [4.69, 9.17) is 9.47 Å². The van der Waals surface area contributed by atoms with Crippen molar-refractivity contribution in [3.05, 3.63) is 60.1 Å². The third-order valence-corrected chi connectivity index (χ3v) is 5.81. The van der Waals surface area contributed by atoms with Crippen LogP contribution < -0.4 is 10.1 Å². The summed E-state index contributed by atoms with van der Waals surface area (Å²) in [7, 11) is 0. The number of ether oxygens (including phenoxy) is 2. The number of nitrogens with one attached hydrogen (secondary N) is 1. The molecule has 0 aliphatic carbocycles. The number of halogens is 1. The number of hydrogen-bond acceptors (Lipinski definition) is 7. The fraction of sp³-hybridized carbons (Fsp3) is 0.346. The number of benzene rings is 1. The normalized spacial score (nSPS) is 15.8. The second-order valence-electron chi connectivity index (χ2n) is 9.96. The van der Waals surface area contributed by atoms with Crippen LogP contribution in [0.2, 0.25) is 0 Å². The maximum absolute atomic E-state index is 14.5. The lowest BCUT2D eigenvalue weighted by atomic mass is 10.1. The third-order valence-electron chi connectivity index (χ3n) is 5.81. The number of aryl methyl sites for hydroxylation is 1. The first kappa shape index (κ1) is 24.4. The Balaban J connectivity index is 1.35. The van der Waals surface area contributed by atoms with E-state index in [-0.39, 0.29) is 29.1 Å². The first-order valence-electron chi connectivity index (χ1n) is 11.9. The van der Waals surface area contributed by atoms with Crippen LogP contribution in [-0.4, -0.2) is 61.0 Å². The molecule has 11 heteroatoms. The van der Waals surface area contributed by atoms with Crippen LogP contribution >= 0.6 is 0 Å².